The number of hydrogen-bond acceptors (Lipinski definition) is 6. The Morgan fingerprint density at radius 3 is 2.50 bits per heavy atom. The Labute approximate surface area is 199 Å². The third-order valence-electron chi connectivity index (χ3n) is 8.42. The van der Waals surface area contributed by atoms with Gasteiger partial charge in [0.2, 0.25) is 5.91 Å². The summed E-state index contributed by atoms with van der Waals surface area (Å²) < 4.78 is 1.89. The lowest BCUT2D eigenvalue weighted by molar-refractivity contribution is -0.140. The van der Waals surface area contributed by atoms with Crippen LogP contribution in [0.1, 0.15) is 24.6 Å². The van der Waals surface area contributed by atoms with Gasteiger partial charge in [-0.15, -0.1) is 0 Å². The Hall–Kier alpha value is -2.55. The van der Waals surface area contributed by atoms with Gasteiger partial charge in [-0.3, -0.25) is 19.5 Å². The van der Waals surface area contributed by atoms with Crippen LogP contribution >= 0.6 is 0 Å². The van der Waals surface area contributed by atoms with Crippen LogP contribution in [0.5, 0.6) is 0 Å². The number of piperazine rings is 1. The topological polar surface area (TPSA) is 81.9 Å². The lowest BCUT2D eigenvalue weighted by Gasteiger charge is -2.38. The van der Waals surface area contributed by atoms with Gasteiger partial charge in [-0.25, -0.2) is 0 Å². The zero-order chi connectivity index (χ0) is 23.4. The molecule has 6 rings (SSSR count). The summed E-state index contributed by atoms with van der Waals surface area (Å²) >= 11 is 0. The van der Waals surface area contributed by atoms with Crippen LogP contribution in [0.25, 0.3) is 11.1 Å². The quantitative estimate of drug-likeness (QED) is 0.714. The fraction of sp³-hybridized carbons (Fsp3) is 0.577. The molecule has 1 saturated carbocycles. The molecule has 8 nitrogen and oxygen atoms in total. The van der Waals surface area contributed by atoms with E-state index in [1.54, 1.807) is 12.4 Å². The fourth-order valence-corrected chi connectivity index (χ4v) is 6.36. The molecule has 0 radical (unpaired) electrons. The molecule has 2 aromatic heterocycles. The van der Waals surface area contributed by atoms with Gasteiger partial charge in [-0.2, -0.15) is 0 Å². The molecule has 4 aliphatic rings. The normalized spacial score (nSPS) is 29.3. The first kappa shape index (κ1) is 21.9. The van der Waals surface area contributed by atoms with Crippen LogP contribution in [0.2, 0.25) is 0 Å². The van der Waals surface area contributed by atoms with Gasteiger partial charge in [0.05, 0.1) is 12.1 Å². The second-order valence-electron chi connectivity index (χ2n) is 10.5. The van der Waals surface area contributed by atoms with E-state index in [1.807, 2.05) is 27.7 Å². The molecule has 1 aliphatic carbocycles. The maximum Gasteiger partial charge on any atom is 0.258 e. The standard InChI is InChI=1S/C26H33N5O3/c1-28-10-12-29(13-11-28)26(34)24-21(16-32)20-15-30-22(23(20)31(24)14-17-2-3-17)5-4-19(25(30)33)18-6-8-27-9-7-18/h4-9,17,20-21,23-24,32H,2-3,10-16H2,1H3/t20-,21-,23+,24-/m1/s1. The molecule has 8 heteroatoms. The summed E-state index contributed by atoms with van der Waals surface area (Å²) in [4.78, 5) is 38.0. The van der Waals surface area contributed by atoms with Crippen LogP contribution in [0.4, 0.5) is 0 Å². The van der Waals surface area contributed by atoms with Gasteiger partial charge in [-0.05, 0) is 55.6 Å². The van der Waals surface area contributed by atoms with Crippen molar-refractivity contribution in [2.45, 2.75) is 31.5 Å². The van der Waals surface area contributed by atoms with Gasteiger partial charge in [-0.1, -0.05) is 0 Å². The Morgan fingerprint density at radius 2 is 1.82 bits per heavy atom. The number of nitrogens with zero attached hydrogens (tertiary/aromatic N) is 5. The predicted octanol–water partition coefficient (Wildman–Crippen LogP) is 1.06. The number of aliphatic hydroxyl groups excluding tert-OH is 1. The van der Waals surface area contributed by atoms with Gasteiger partial charge in [0.15, 0.2) is 0 Å². The lowest BCUT2D eigenvalue weighted by atomic mass is 9.88. The smallest absolute Gasteiger partial charge is 0.258 e. The summed E-state index contributed by atoms with van der Waals surface area (Å²) in [7, 11) is 2.09. The van der Waals surface area contributed by atoms with Gasteiger partial charge >= 0.3 is 0 Å². The largest absolute Gasteiger partial charge is 0.396 e. The number of aliphatic hydroxyl groups is 1. The summed E-state index contributed by atoms with van der Waals surface area (Å²) in [6.45, 7) is 4.62. The minimum absolute atomic E-state index is 0.00152. The second-order valence-corrected chi connectivity index (χ2v) is 10.5. The van der Waals surface area contributed by atoms with E-state index in [9.17, 15) is 14.7 Å². The van der Waals surface area contributed by atoms with Crippen LogP contribution in [-0.2, 0) is 11.3 Å². The summed E-state index contributed by atoms with van der Waals surface area (Å²) in [5.41, 5.74) is 2.53. The average molecular weight is 464 g/mol. The zero-order valence-corrected chi connectivity index (χ0v) is 19.7. The molecule has 0 bridgehead atoms. The molecule has 1 N–H and O–H groups in total. The van der Waals surface area contributed by atoms with Crippen molar-refractivity contribution in [2.75, 3.05) is 46.4 Å². The maximum absolute atomic E-state index is 13.8. The number of aromatic nitrogens is 2. The number of rotatable bonds is 5. The average Bonchev–Trinajstić information content (AvgIpc) is 3.52. The second kappa shape index (κ2) is 8.59. The zero-order valence-electron chi connectivity index (χ0n) is 19.7. The minimum Gasteiger partial charge on any atom is -0.396 e. The van der Waals surface area contributed by atoms with E-state index in [1.165, 1.54) is 12.8 Å². The van der Waals surface area contributed by atoms with E-state index in [0.717, 1.165) is 44.0 Å². The van der Waals surface area contributed by atoms with Crippen LogP contribution in [0, 0.1) is 17.8 Å². The van der Waals surface area contributed by atoms with E-state index in [4.69, 9.17) is 0 Å². The highest BCUT2D eigenvalue weighted by atomic mass is 16.3. The van der Waals surface area contributed by atoms with Crippen LogP contribution in [0.15, 0.2) is 41.5 Å². The number of pyridine rings is 2. The molecular weight excluding hydrogens is 430 g/mol. The Kier molecular flexibility index (Phi) is 5.54. The maximum atomic E-state index is 13.8. The van der Waals surface area contributed by atoms with Crippen LogP contribution in [0.3, 0.4) is 0 Å². The van der Waals surface area contributed by atoms with Crippen molar-refractivity contribution in [1.82, 2.24) is 24.3 Å². The molecule has 0 spiro atoms. The molecule has 180 valence electrons. The molecule has 3 aliphatic heterocycles. The van der Waals surface area contributed by atoms with Crippen molar-refractivity contribution in [3.63, 3.8) is 0 Å². The van der Waals surface area contributed by atoms with E-state index >= 15 is 0 Å². The molecule has 3 fully saturated rings. The number of likely N-dealkylation sites (tertiary alicyclic amines) is 1. The molecule has 0 unspecified atom stereocenters. The van der Waals surface area contributed by atoms with Crippen molar-refractivity contribution < 1.29 is 9.90 Å². The highest BCUT2D eigenvalue weighted by Gasteiger charge is 2.57. The lowest BCUT2D eigenvalue weighted by Crippen LogP contribution is -2.55. The van der Waals surface area contributed by atoms with Gasteiger partial charge < -0.3 is 19.5 Å². The van der Waals surface area contributed by atoms with E-state index in [0.29, 0.717) is 18.0 Å². The van der Waals surface area contributed by atoms with Crippen molar-refractivity contribution in [3.05, 3.63) is 52.7 Å². The van der Waals surface area contributed by atoms with E-state index < -0.39 is 0 Å². The number of fused-ring (bicyclic) bond motifs is 3. The first-order valence-electron chi connectivity index (χ1n) is 12.5. The van der Waals surface area contributed by atoms with Crippen molar-refractivity contribution in [2.24, 2.45) is 17.8 Å². The number of carbonyl (C=O) groups excluding carboxylic acids is 1. The molecule has 2 saturated heterocycles. The summed E-state index contributed by atoms with van der Waals surface area (Å²) in [6.07, 6.45) is 5.80. The fourth-order valence-electron chi connectivity index (χ4n) is 6.36. The summed E-state index contributed by atoms with van der Waals surface area (Å²) in [5, 5.41) is 10.5. The van der Waals surface area contributed by atoms with Crippen LogP contribution < -0.4 is 5.56 Å². The number of likely N-dealkylation sites (N-methyl/N-ethyl adjacent to an activating group) is 1. The van der Waals surface area contributed by atoms with Crippen molar-refractivity contribution in [1.29, 1.82) is 0 Å². The molecule has 4 atom stereocenters. The Bertz CT molecular complexity index is 1120. The van der Waals surface area contributed by atoms with E-state index in [-0.39, 0.29) is 42.0 Å². The molecule has 1 amide bonds. The first-order chi connectivity index (χ1) is 16.6. The molecular formula is C26H33N5O3. The van der Waals surface area contributed by atoms with Crippen LogP contribution in [-0.4, -0.2) is 87.7 Å². The molecule has 2 aromatic rings. The SMILES string of the molecule is CN1CCN(C(=O)[C@H]2[C@H](CO)[C@H]3Cn4c(ccc(-c5ccncc5)c4=O)[C@H]3N2CC2CC2)CC1. The third kappa shape index (κ3) is 3.59. The highest BCUT2D eigenvalue weighted by Crippen LogP contribution is 2.51. The van der Waals surface area contributed by atoms with Crippen molar-refractivity contribution >= 4 is 5.91 Å². The first-order valence-corrected chi connectivity index (χ1v) is 12.5. The minimum atomic E-state index is -0.312. The van der Waals surface area contributed by atoms with E-state index in [2.05, 4.69) is 27.9 Å². The number of amides is 1. The summed E-state index contributed by atoms with van der Waals surface area (Å²) in [5.74, 6) is 0.660. The Balaban J connectivity index is 1.36. The Morgan fingerprint density at radius 1 is 1.09 bits per heavy atom. The van der Waals surface area contributed by atoms with Gasteiger partial charge in [0.1, 0.15) is 0 Å². The van der Waals surface area contributed by atoms with Crippen molar-refractivity contribution in [3.8, 4) is 11.1 Å². The van der Waals surface area contributed by atoms with Gasteiger partial charge in [0, 0.05) is 81.4 Å². The monoisotopic (exact) mass is 463 g/mol. The number of carbonyl (C=O) groups is 1. The summed E-state index contributed by atoms with van der Waals surface area (Å²) in [6, 6.07) is 7.40. The predicted molar refractivity (Wildman–Crippen MR) is 128 cm³/mol. The van der Waals surface area contributed by atoms with Gasteiger partial charge in [0.25, 0.3) is 5.56 Å². The molecule has 34 heavy (non-hydrogen) atoms. The number of hydrogen-bond donors (Lipinski definition) is 1. The third-order valence-corrected chi connectivity index (χ3v) is 8.42. The molecule has 5 heterocycles. The molecule has 0 aromatic carbocycles. The highest BCUT2D eigenvalue weighted by molar-refractivity contribution is 5.83.